The van der Waals surface area contributed by atoms with Gasteiger partial charge in [-0.1, -0.05) is 0 Å². The molecule has 1 aromatic heterocycles. The summed E-state index contributed by atoms with van der Waals surface area (Å²) in [7, 11) is 3.54. The Bertz CT molecular complexity index is 660. The molecule has 0 radical (unpaired) electrons. The van der Waals surface area contributed by atoms with E-state index >= 15 is 0 Å². The maximum absolute atomic E-state index is 5.93. The SMILES string of the molecule is CNc1cc(C2CN(c3ccc(OC)cc3)CCO2)nc(C)n1. The van der Waals surface area contributed by atoms with E-state index in [1.165, 1.54) is 5.69 Å². The molecule has 23 heavy (non-hydrogen) atoms. The molecule has 6 nitrogen and oxygen atoms in total. The summed E-state index contributed by atoms with van der Waals surface area (Å²) in [5.41, 5.74) is 2.08. The van der Waals surface area contributed by atoms with Gasteiger partial charge in [-0.3, -0.25) is 0 Å². The Kier molecular flexibility index (Phi) is 4.62. The Morgan fingerprint density at radius 3 is 2.74 bits per heavy atom. The van der Waals surface area contributed by atoms with Crippen LogP contribution in [0.4, 0.5) is 11.5 Å². The summed E-state index contributed by atoms with van der Waals surface area (Å²) in [6.07, 6.45) is -0.0559. The highest BCUT2D eigenvalue weighted by molar-refractivity contribution is 5.50. The van der Waals surface area contributed by atoms with Crippen LogP contribution in [0.3, 0.4) is 0 Å². The normalized spacial score (nSPS) is 17.9. The van der Waals surface area contributed by atoms with Gasteiger partial charge < -0.3 is 19.7 Å². The highest BCUT2D eigenvalue weighted by Crippen LogP contribution is 2.27. The van der Waals surface area contributed by atoms with E-state index in [2.05, 4.69) is 32.3 Å². The number of hydrogen-bond acceptors (Lipinski definition) is 6. The fourth-order valence-corrected chi connectivity index (χ4v) is 2.74. The summed E-state index contributed by atoms with van der Waals surface area (Å²) >= 11 is 0. The van der Waals surface area contributed by atoms with Crippen molar-refractivity contribution in [1.82, 2.24) is 9.97 Å². The molecule has 122 valence electrons. The van der Waals surface area contributed by atoms with Crippen LogP contribution < -0.4 is 15.0 Å². The molecule has 1 N–H and O–H groups in total. The van der Waals surface area contributed by atoms with E-state index in [1.54, 1.807) is 7.11 Å². The number of aryl methyl sites for hydroxylation is 1. The first-order valence-corrected chi connectivity index (χ1v) is 7.73. The van der Waals surface area contributed by atoms with Crippen LogP contribution in [0.15, 0.2) is 30.3 Å². The van der Waals surface area contributed by atoms with Crippen molar-refractivity contribution in [3.05, 3.63) is 41.9 Å². The predicted molar refractivity (Wildman–Crippen MR) is 90.2 cm³/mol. The van der Waals surface area contributed by atoms with Crippen LogP contribution in [-0.2, 0) is 4.74 Å². The second kappa shape index (κ2) is 6.83. The third kappa shape index (κ3) is 3.53. The minimum atomic E-state index is -0.0559. The number of aromatic nitrogens is 2. The molecule has 0 bridgehead atoms. The molecule has 1 aromatic carbocycles. The molecule has 3 rings (SSSR count). The van der Waals surface area contributed by atoms with E-state index in [9.17, 15) is 0 Å². The number of benzene rings is 1. The van der Waals surface area contributed by atoms with Crippen molar-refractivity contribution in [3.8, 4) is 5.75 Å². The zero-order valence-corrected chi connectivity index (χ0v) is 13.7. The van der Waals surface area contributed by atoms with Crippen molar-refractivity contribution >= 4 is 11.5 Å². The van der Waals surface area contributed by atoms with Gasteiger partial charge in [0.05, 0.1) is 19.4 Å². The number of ether oxygens (including phenoxy) is 2. The Morgan fingerprint density at radius 2 is 2.04 bits per heavy atom. The fraction of sp³-hybridized carbons (Fsp3) is 0.412. The van der Waals surface area contributed by atoms with E-state index in [-0.39, 0.29) is 6.10 Å². The van der Waals surface area contributed by atoms with Crippen LogP contribution in [0, 0.1) is 6.92 Å². The molecule has 2 heterocycles. The molecular weight excluding hydrogens is 292 g/mol. The van der Waals surface area contributed by atoms with E-state index in [0.717, 1.165) is 36.2 Å². The van der Waals surface area contributed by atoms with Crippen molar-refractivity contribution in [2.45, 2.75) is 13.0 Å². The summed E-state index contributed by atoms with van der Waals surface area (Å²) in [6, 6.07) is 10.1. The smallest absolute Gasteiger partial charge is 0.129 e. The van der Waals surface area contributed by atoms with Crippen molar-refractivity contribution in [2.24, 2.45) is 0 Å². The molecule has 1 aliphatic rings. The highest BCUT2D eigenvalue weighted by Gasteiger charge is 2.24. The lowest BCUT2D eigenvalue weighted by Gasteiger charge is -2.34. The van der Waals surface area contributed by atoms with Crippen molar-refractivity contribution in [3.63, 3.8) is 0 Å². The maximum atomic E-state index is 5.93. The maximum Gasteiger partial charge on any atom is 0.129 e. The molecule has 0 spiro atoms. The number of morpholine rings is 1. The lowest BCUT2D eigenvalue weighted by atomic mass is 10.1. The molecule has 1 fully saturated rings. The number of methoxy groups -OCH3 is 1. The van der Waals surface area contributed by atoms with E-state index in [1.807, 2.05) is 32.2 Å². The van der Waals surface area contributed by atoms with Gasteiger partial charge in [0.25, 0.3) is 0 Å². The average molecular weight is 314 g/mol. The number of nitrogens with zero attached hydrogens (tertiary/aromatic N) is 3. The quantitative estimate of drug-likeness (QED) is 0.935. The van der Waals surface area contributed by atoms with Gasteiger partial charge >= 0.3 is 0 Å². The first-order chi connectivity index (χ1) is 11.2. The summed E-state index contributed by atoms with van der Waals surface area (Å²) in [5, 5.41) is 3.07. The highest BCUT2D eigenvalue weighted by atomic mass is 16.5. The first kappa shape index (κ1) is 15.6. The molecule has 0 saturated carbocycles. The van der Waals surface area contributed by atoms with Crippen molar-refractivity contribution in [1.29, 1.82) is 0 Å². The van der Waals surface area contributed by atoms with Crippen LogP contribution in [0.25, 0.3) is 0 Å². The predicted octanol–water partition coefficient (Wildman–Crippen LogP) is 2.41. The molecule has 0 aliphatic carbocycles. The fourth-order valence-electron chi connectivity index (χ4n) is 2.74. The van der Waals surface area contributed by atoms with Gasteiger partial charge in [0.1, 0.15) is 23.5 Å². The second-order valence-electron chi connectivity index (χ2n) is 5.48. The number of nitrogens with one attached hydrogen (secondary N) is 1. The molecule has 1 aliphatic heterocycles. The molecule has 6 heteroatoms. The largest absolute Gasteiger partial charge is 0.497 e. The Hall–Kier alpha value is -2.34. The van der Waals surface area contributed by atoms with Crippen molar-refractivity contribution < 1.29 is 9.47 Å². The first-order valence-electron chi connectivity index (χ1n) is 7.73. The standard InChI is InChI=1S/C17H22N4O2/c1-12-19-15(10-17(18-2)20-12)16-11-21(8-9-23-16)13-4-6-14(22-3)7-5-13/h4-7,10,16H,8-9,11H2,1-3H3,(H,18,19,20). The van der Waals surface area contributed by atoms with Gasteiger partial charge in [-0.25, -0.2) is 9.97 Å². The molecule has 0 amide bonds. The van der Waals surface area contributed by atoms with Crippen LogP contribution in [0.2, 0.25) is 0 Å². The Balaban J connectivity index is 1.78. The monoisotopic (exact) mass is 314 g/mol. The molecule has 1 saturated heterocycles. The van der Waals surface area contributed by atoms with E-state index < -0.39 is 0 Å². The Morgan fingerprint density at radius 1 is 1.26 bits per heavy atom. The summed E-state index contributed by atoms with van der Waals surface area (Å²) in [6.45, 7) is 4.21. The summed E-state index contributed by atoms with van der Waals surface area (Å²) < 4.78 is 11.1. The van der Waals surface area contributed by atoms with Gasteiger partial charge in [-0.2, -0.15) is 0 Å². The third-order valence-electron chi connectivity index (χ3n) is 3.95. The van der Waals surface area contributed by atoms with E-state index in [0.29, 0.717) is 6.61 Å². The lowest BCUT2D eigenvalue weighted by Crippen LogP contribution is -2.38. The second-order valence-corrected chi connectivity index (χ2v) is 5.48. The van der Waals surface area contributed by atoms with Gasteiger partial charge in [-0.15, -0.1) is 0 Å². The number of rotatable bonds is 4. The van der Waals surface area contributed by atoms with Crippen LogP contribution in [-0.4, -0.2) is 43.8 Å². The molecular formula is C17H22N4O2. The summed E-state index contributed by atoms with van der Waals surface area (Å²) in [4.78, 5) is 11.2. The van der Waals surface area contributed by atoms with Crippen molar-refractivity contribution in [2.75, 3.05) is 44.1 Å². The lowest BCUT2D eigenvalue weighted by molar-refractivity contribution is 0.0369. The van der Waals surface area contributed by atoms with Crippen LogP contribution in [0.5, 0.6) is 5.75 Å². The van der Waals surface area contributed by atoms with E-state index in [4.69, 9.17) is 9.47 Å². The summed E-state index contributed by atoms with van der Waals surface area (Å²) in [5.74, 6) is 2.43. The number of anilines is 2. The Labute approximate surface area is 136 Å². The minimum absolute atomic E-state index is 0.0559. The minimum Gasteiger partial charge on any atom is -0.497 e. The van der Waals surface area contributed by atoms with Gasteiger partial charge in [-0.05, 0) is 31.2 Å². The van der Waals surface area contributed by atoms with Gasteiger partial charge in [0, 0.05) is 31.9 Å². The van der Waals surface area contributed by atoms with Gasteiger partial charge in [0.2, 0.25) is 0 Å². The zero-order chi connectivity index (χ0) is 16.2. The molecule has 2 aromatic rings. The average Bonchev–Trinajstić information content (AvgIpc) is 2.61. The third-order valence-corrected chi connectivity index (χ3v) is 3.95. The molecule has 1 atom stereocenters. The molecule has 1 unspecified atom stereocenters. The van der Waals surface area contributed by atoms with Gasteiger partial charge in [0.15, 0.2) is 0 Å². The number of hydrogen-bond donors (Lipinski definition) is 1. The topological polar surface area (TPSA) is 59.5 Å². The van der Waals surface area contributed by atoms with Crippen LogP contribution in [0.1, 0.15) is 17.6 Å². The zero-order valence-electron chi connectivity index (χ0n) is 13.7. The van der Waals surface area contributed by atoms with Crippen LogP contribution >= 0.6 is 0 Å².